The minimum atomic E-state index is 0.872. The van der Waals surface area contributed by atoms with Gasteiger partial charge in [0.15, 0.2) is 0 Å². The maximum atomic E-state index is 5.38. The van der Waals surface area contributed by atoms with E-state index in [1.165, 1.54) is 0 Å². The molecule has 0 radical (unpaired) electrons. The van der Waals surface area contributed by atoms with Crippen molar-refractivity contribution in [1.29, 1.82) is 0 Å². The molecule has 0 fully saturated rings. The molecule has 49 heavy (non-hydrogen) atoms. The smallest absolute Gasteiger partial charge is 0.0737 e. The van der Waals surface area contributed by atoms with Gasteiger partial charge in [-0.15, -0.1) is 10.7 Å². The van der Waals surface area contributed by atoms with Crippen molar-refractivity contribution in [2.75, 3.05) is 0 Å². The molecule has 3 aliphatic rings. The van der Waals surface area contributed by atoms with Crippen LogP contribution in [0.2, 0.25) is 0 Å². The van der Waals surface area contributed by atoms with Gasteiger partial charge in [-0.2, -0.15) is 0 Å². The van der Waals surface area contributed by atoms with Crippen LogP contribution in [0.15, 0.2) is 191 Å². The first-order valence-electron chi connectivity index (χ1n) is 16.5. The third-order valence-corrected chi connectivity index (χ3v) is 9.26. The molecule has 0 atom stereocenters. The molecule has 9 rings (SSSR count). The summed E-state index contributed by atoms with van der Waals surface area (Å²) in [7, 11) is 2.12. The number of aryl methyl sites for hydroxylation is 1. The lowest BCUT2D eigenvalue weighted by molar-refractivity contribution is 0.907. The molecule has 0 saturated heterocycles. The van der Waals surface area contributed by atoms with Crippen molar-refractivity contribution < 1.29 is 0 Å². The number of hydrogen-bond donors (Lipinski definition) is 0. The van der Waals surface area contributed by atoms with Gasteiger partial charge in [-0.25, -0.2) is 9.98 Å². The molecular weight excluding hydrogens is 597 g/mol. The van der Waals surface area contributed by atoms with E-state index in [9.17, 15) is 0 Å². The minimum Gasteiger partial charge on any atom is -0.657 e. The monoisotopic (exact) mass is 627 g/mol. The SMILES string of the molecule is Cn1cc2cc1C(c1ccccc1)=C1C=CC(=N1)C(c1ccccc1)=c1ccc([n-]1)=C(c1ccccc1)C1=NC(=C2c2ccccc2)C=C1. The quantitative estimate of drug-likeness (QED) is 0.198. The lowest BCUT2D eigenvalue weighted by Gasteiger charge is -2.14. The van der Waals surface area contributed by atoms with Crippen LogP contribution in [0.3, 0.4) is 0 Å². The summed E-state index contributed by atoms with van der Waals surface area (Å²) in [5.41, 5.74) is 14.2. The van der Waals surface area contributed by atoms with Crippen LogP contribution < -0.4 is 15.7 Å². The third kappa shape index (κ3) is 5.11. The van der Waals surface area contributed by atoms with Gasteiger partial charge in [0.05, 0.1) is 28.5 Å². The average Bonchev–Trinajstić information content (AvgIpc) is 3.98. The summed E-state index contributed by atoms with van der Waals surface area (Å²) in [6.45, 7) is 0. The van der Waals surface area contributed by atoms with E-state index < -0.39 is 0 Å². The highest BCUT2D eigenvalue weighted by Crippen LogP contribution is 2.37. The number of aromatic nitrogens is 2. The van der Waals surface area contributed by atoms with Gasteiger partial charge >= 0.3 is 0 Å². The van der Waals surface area contributed by atoms with Crippen molar-refractivity contribution in [3.05, 3.63) is 226 Å². The molecule has 0 amide bonds. The summed E-state index contributed by atoms with van der Waals surface area (Å²) in [4.78, 5) is 16.1. The molecule has 0 unspecified atom stereocenters. The first kappa shape index (κ1) is 28.7. The second-order valence-corrected chi connectivity index (χ2v) is 12.3. The summed E-state index contributed by atoms with van der Waals surface area (Å²) >= 11 is 0. The number of fused-ring (bicyclic) bond motifs is 6. The zero-order valence-electron chi connectivity index (χ0n) is 27.0. The lowest BCUT2D eigenvalue weighted by atomic mass is 9.96. The molecule has 0 saturated carbocycles. The normalized spacial score (nSPS) is 15.3. The molecular formula is C45H31N4-. The Bertz CT molecular complexity index is 2550. The van der Waals surface area contributed by atoms with Crippen LogP contribution in [0.4, 0.5) is 0 Å². The fourth-order valence-electron chi connectivity index (χ4n) is 7.03. The average molecular weight is 628 g/mol. The fourth-order valence-corrected chi connectivity index (χ4v) is 7.03. The summed E-state index contributed by atoms with van der Waals surface area (Å²) in [6.07, 6.45) is 10.8. The van der Waals surface area contributed by atoms with Crippen molar-refractivity contribution >= 4 is 33.7 Å². The van der Waals surface area contributed by atoms with Crippen LogP contribution in [0.25, 0.3) is 22.3 Å². The van der Waals surface area contributed by atoms with Crippen LogP contribution >= 0.6 is 0 Å². The molecule has 4 aromatic carbocycles. The highest BCUT2D eigenvalue weighted by atomic mass is 14.9. The lowest BCUT2D eigenvalue weighted by Crippen LogP contribution is -2.23. The molecule has 232 valence electrons. The van der Waals surface area contributed by atoms with Crippen LogP contribution in [0.5, 0.6) is 0 Å². The second kappa shape index (κ2) is 11.9. The van der Waals surface area contributed by atoms with Crippen molar-refractivity contribution in [1.82, 2.24) is 9.55 Å². The first-order chi connectivity index (χ1) is 24.2. The van der Waals surface area contributed by atoms with Crippen molar-refractivity contribution in [2.24, 2.45) is 17.0 Å². The molecule has 0 N–H and O–H groups in total. The number of rotatable bonds is 4. The highest BCUT2D eigenvalue weighted by molar-refractivity contribution is 6.31. The Labute approximate surface area is 285 Å². The van der Waals surface area contributed by atoms with E-state index in [1.807, 2.05) is 12.1 Å². The molecule has 2 aromatic heterocycles. The Hall–Kier alpha value is -6.52. The van der Waals surface area contributed by atoms with E-state index in [-0.39, 0.29) is 0 Å². The van der Waals surface area contributed by atoms with Crippen molar-refractivity contribution in [2.45, 2.75) is 0 Å². The van der Waals surface area contributed by atoms with Crippen LogP contribution in [-0.2, 0) is 7.05 Å². The molecule has 8 bridgehead atoms. The molecule has 3 aliphatic heterocycles. The van der Waals surface area contributed by atoms with Gasteiger partial charge in [-0.3, -0.25) is 0 Å². The van der Waals surface area contributed by atoms with Crippen LogP contribution in [-0.4, -0.2) is 16.0 Å². The Kier molecular flexibility index (Phi) is 6.98. The molecule has 5 heterocycles. The first-order valence-corrected chi connectivity index (χ1v) is 16.5. The fraction of sp³-hybridized carbons (Fsp3) is 0.0222. The topological polar surface area (TPSA) is 43.8 Å². The summed E-state index contributed by atoms with van der Waals surface area (Å²) in [6, 6.07) is 48.5. The zero-order chi connectivity index (χ0) is 32.7. The van der Waals surface area contributed by atoms with E-state index in [0.717, 1.165) is 89.3 Å². The van der Waals surface area contributed by atoms with E-state index in [4.69, 9.17) is 15.0 Å². The van der Waals surface area contributed by atoms with Gasteiger partial charge < -0.3 is 9.55 Å². The van der Waals surface area contributed by atoms with E-state index in [0.29, 0.717) is 0 Å². The largest absolute Gasteiger partial charge is 0.657 e. The van der Waals surface area contributed by atoms with Crippen molar-refractivity contribution in [3.8, 4) is 0 Å². The maximum Gasteiger partial charge on any atom is 0.0737 e. The van der Waals surface area contributed by atoms with Gasteiger partial charge in [0.25, 0.3) is 0 Å². The van der Waals surface area contributed by atoms with Gasteiger partial charge in [-0.05, 0) is 63.8 Å². The van der Waals surface area contributed by atoms with Gasteiger partial charge in [0.2, 0.25) is 0 Å². The maximum absolute atomic E-state index is 5.38. The predicted octanol–water partition coefficient (Wildman–Crippen LogP) is 7.63. The molecule has 0 aliphatic carbocycles. The second-order valence-electron chi connectivity index (χ2n) is 12.3. The standard InChI is InChI=1S/C45H31N4/c1-49-29-34-28-41(49)45(33-20-12-5-13-21-33)40-27-26-39(48-40)44(32-18-10-4-11-19-32)38-25-24-37(47-38)43(31-16-8-3-9-17-31)36-23-22-35(46-36)42(34)30-14-6-2-7-15-30/h2-29H,1H3/q-1. The summed E-state index contributed by atoms with van der Waals surface area (Å²) in [5, 5.41) is 1.75. The number of aliphatic imine (C=N–C) groups is 2. The Morgan fingerprint density at radius 2 is 0.837 bits per heavy atom. The molecule has 0 spiro atoms. The molecule has 4 nitrogen and oxygen atoms in total. The van der Waals surface area contributed by atoms with Gasteiger partial charge in [0, 0.05) is 30.0 Å². The van der Waals surface area contributed by atoms with Crippen LogP contribution in [0.1, 0.15) is 33.5 Å². The van der Waals surface area contributed by atoms with E-state index >= 15 is 0 Å². The van der Waals surface area contributed by atoms with Gasteiger partial charge in [-0.1, -0.05) is 133 Å². The Morgan fingerprint density at radius 1 is 0.429 bits per heavy atom. The summed E-state index contributed by atoms with van der Waals surface area (Å²) in [5.74, 6) is 0. The third-order valence-electron chi connectivity index (χ3n) is 9.26. The van der Waals surface area contributed by atoms with Crippen molar-refractivity contribution in [3.63, 3.8) is 0 Å². The molecule has 6 aromatic rings. The van der Waals surface area contributed by atoms with E-state index in [2.05, 4.69) is 170 Å². The number of nitrogens with zero attached hydrogens (tertiary/aromatic N) is 4. The predicted molar refractivity (Wildman–Crippen MR) is 200 cm³/mol. The Balaban J connectivity index is 1.44. The Morgan fingerprint density at radius 3 is 1.31 bits per heavy atom. The number of benzene rings is 4. The molecule has 4 heteroatoms. The van der Waals surface area contributed by atoms with E-state index in [1.54, 1.807) is 0 Å². The minimum absolute atomic E-state index is 0.872. The zero-order valence-corrected chi connectivity index (χ0v) is 27.0. The van der Waals surface area contributed by atoms with Gasteiger partial charge in [0.1, 0.15) is 0 Å². The number of hydrogen-bond acceptors (Lipinski definition) is 2. The van der Waals surface area contributed by atoms with Crippen LogP contribution in [0, 0.1) is 0 Å². The summed E-state index contributed by atoms with van der Waals surface area (Å²) < 4.78 is 2.21. The number of allylic oxidation sites excluding steroid dienone is 4. The highest BCUT2D eigenvalue weighted by Gasteiger charge is 2.23.